The molecule has 0 saturated heterocycles. The van der Waals surface area contributed by atoms with Crippen molar-refractivity contribution < 1.29 is 0 Å². The molecule has 6 aromatic rings. The summed E-state index contributed by atoms with van der Waals surface area (Å²) in [6.45, 7) is 0. The topological polar surface area (TPSA) is 38.7 Å². The van der Waals surface area contributed by atoms with Crippen molar-refractivity contribution >= 4 is 21.6 Å². The van der Waals surface area contributed by atoms with Crippen molar-refractivity contribution in [2.24, 2.45) is 0 Å². The molecule has 0 fully saturated rings. The molecular formula is C33H24ClN3S. The average Bonchev–Trinajstić information content (AvgIpc) is 3.00. The zero-order valence-corrected chi connectivity index (χ0v) is 22.1. The molecule has 0 N–H and O–H groups in total. The highest BCUT2D eigenvalue weighted by Crippen LogP contribution is 2.73. The highest BCUT2D eigenvalue weighted by molar-refractivity contribution is 8.34. The molecule has 1 heterocycles. The van der Waals surface area contributed by atoms with E-state index in [1.165, 1.54) is 19.6 Å². The van der Waals surface area contributed by atoms with Gasteiger partial charge in [0.2, 0.25) is 5.28 Å². The molecular weight excluding hydrogens is 506 g/mol. The summed E-state index contributed by atoms with van der Waals surface area (Å²) >= 11 is 6.34. The largest absolute Gasteiger partial charge is 0.226 e. The molecule has 5 heteroatoms. The Balaban J connectivity index is 1.53. The predicted octanol–water partition coefficient (Wildman–Crippen LogP) is 9.20. The van der Waals surface area contributed by atoms with Crippen molar-refractivity contribution in [2.45, 2.75) is 19.6 Å². The molecule has 0 radical (unpaired) electrons. The monoisotopic (exact) mass is 529 g/mol. The Kier molecular flexibility index (Phi) is 6.74. The minimum atomic E-state index is -1.75. The predicted molar refractivity (Wildman–Crippen MR) is 156 cm³/mol. The lowest BCUT2D eigenvalue weighted by Gasteiger charge is -2.42. The fourth-order valence-electron chi connectivity index (χ4n) is 4.69. The van der Waals surface area contributed by atoms with Gasteiger partial charge in [0.25, 0.3) is 0 Å². The summed E-state index contributed by atoms with van der Waals surface area (Å²) in [5.41, 5.74) is 1.79. The van der Waals surface area contributed by atoms with Gasteiger partial charge in [0.1, 0.15) is 0 Å². The van der Waals surface area contributed by atoms with Gasteiger partial charge < -0.3 is 0 Å². The van der Waals surface area contributed by atoms with Crippen molar-refractivity contribution in [3.05, 3.63) is 151 Å². The van der Waals surface area contributed by atoms with Crippen LogP contribution in [0, 0.1) is 0 Å². The van der Waals surface area contributed by atoms with Crippen molar-refractivity contribution in [2.75, 3.05) is 0 Å². The maximum atomic E-state index is 6.34. The van der Waals surface area contributed by atoms with Gasteiger partial charge in [0, 0.05) is 30.7 Å². The van der Waals surface area contributed by atoms with Crippen molar-refractivity contribution in [1.29, 1.82) is 0 Å². The van der Waals surface area contributed by atoms with Gasteiger partial charge in [-0.15, -0.1) is 10.0 Å². The van der Waals surface area contributed by atoms with Crippen LogP contribution in [0.2, 0.25) is 5.28 Å². The molecule has 0 saturated carbocycles. The van der Waals surface area contributed by atoms with Crippen LogP contribution in [0.4, 0.5) is 0 Å². The zero-order valence-electron chi connectivity index (χ0n) is 20.5. The van der Waals surface area contributed by atoms with Gasteiger partial charge in [-0.05, 0) is 60.1 Å². The molecule has 0 spiro atoms. The number of hydrogen-bond acceptors (Lipinski definition) is 3. The van der Waals surface area contributed by atoms with E-state index in [1.807, 2.05) is 30.3 Å². The van der Waals surface area contributed by atoms with E-state index in [0.717, 1.165) is 11.1 Å². The standard InChI is InChI=1S/C33H24ClN3S/c34-33-36-31(25-13-5-1-6-14-25)35-32(37-33)26-21-23-30(24-22-26)38(27-15-7-2-8-16-27,28-17-9-3-10-18-28)29-19-11-4-12-20-29/h1-24H. The number of benzene rings is 5. The van der Waals surface area contributed by atoms with Crippen LogP contribution >= 0.6 is 21.6 Å². The molecule has 0 atom stereocenters. The van der Waals surface area contributed by atoms with E-state index >= 15 is 0 Å². The van der Waals surface area contributed by atoms with E-state index in [2.05, 4.69) is 125 Å². The highest BCUT2D eigenvalue weighted by Gasteiger charge is 2.33. The van der Waals surface area contributed by atoms with Crippen LogP contribution in [0.15, 0.2) is 165 Å². The third kappa shape index (κ3) is 4.49. The van der Waals surface area contributed by atoms with Gasteiger partial charge in [-0.1, -0.05) is 97.1 Å². The molecule has 38 heavy (non-hydrogen) atoms. The Bertz CT molecular complexity index is 1550. The lowest BCUT2D eigenvalue weighted by Crippen LogP contribution is -2.05. The second kappa shape index (κ2) is 10.6. The summed E-state index contributed by atoms with van der Waals surface area (Å²) in [4.78, 5) is 18.6. The van der Waals surface area contributed by atoms with Crippen LogP contribution in [-0.2, 0) is 0 Å². The Hall–Kier alpha value is -4.25. The second-order valence-corrected chi connectivity index (χ2v) is 12.1. The average molecular weight is 530 g/mol. The molecule has 1 aromatic heterocycles. The molecule has 0 aliphatic heterocycles. The maximum Gasteiger partial charge on any atom is 0.226 e. The van der Waals surface area contributed by atoms with Gasteiger partial charge in [-0.25, -0.2) is 4.98 Å². The number of aromatic nitrogens is 3. The number of rotatable bonds is 6. The van der Waals surface area contributed by atoms with Crippen LogP contribution in [0.25, 0.3) is 22.8 Å². The van der Waals surface area contributed by atoms with E-state index in [1.54, 1.807) is 0 Å². The first-order chi connectivity index (χ1) is 18.7. The van der Waals surface area contributed by atoms with Crippen LogP contribution in [0.5, 0.6) is 0 Å². The third-order valence-electron chi connectivity index (χ3n) is 6.40. The normalized spacial score (nSPS) is 11.7. The first kappa shape index (κ1) is 24.1. The quantitative estimate of drug-likeness (QED) is 0.216. The molecule has 184 valence electrons. The lowest BCUT2D eigenvalue weighted by atomic mass is 10.2. The minimum absolute atomic E-state index is 0.177. The summed E-state index contributed by atoms with van der Waals surface area (Å²) in [6, 6.07) is 50.8. The molecule has 0 unspecified atom stereocenters. The van der Waals surface area contributed by atoms with Crippen LogP contribution in [-0.4, -0.2) is 15.0 Å². The summed E-state index contributed by atoms with van der Waals surface area (Å²) in [5.74, 6) is 1.11. The molecule has 0 aliphatic carbocycles. The Morgan fingerprint density at radius 3 is 1.13 bits per heavy atom. The van der Waals surface area contributed by atoms with Gasteiger partial charge in [-0.3, -0.25) is 0 Å². The molecule has 0 bridgehead atoms. The van der Waals surface area contributed by atoms with E-state index < -0.39 is 10.0 Å². The Morgan fingerprint density at radius 1 is 0.368 bits per heavy atom. The van der Waals surface area contributed by atoms with Gasteiger partial charge in [0.05, 0.1) is 0 Å². The van der Waals surface area contributed by atoms with Crippen molar-refractivity contribution in [3.8, 4) is 22.8 Å². The molecule has 5 aromatic carbocycles. The van der Waals surface area contributed by atoms with Gasteiger partial charge >= 0.3 is 0 Å². The number of halogens is 1. The molecule has 3 nitrogen and oxygen atoms in total. The SMILES string of the molecule is Clc1nc(-c2ccccc2)nc(-c2ccc(S(c3ccccc3)(c3ccccc3)c3ccccc3)cc2)n1. The van der Waals surface area contributed by atoms with Crippen LogP contribution in [0.1, 0.15) is 0 Å². The van der Waals surface area contributed by atoms with Crippen LogP contribution < -0.4 is 0 Å². The highest BCUT2D eigenvalue weighted by atomic mass is 35.5. The second-order valence-electron chi connectivity index (χ2n) is 8.69. The van der Waals surface area contributed by atoms with E-state index in [-0.39, 0.29) is 5.28 Å². The third-order valence-corrected chi connectivity index (χ3v) is 10.5. The van der Waals surface area contributed by atoms with Gasteiger partial charge in [0.15, 0.2) is 11.6 Å². The first-order valence-corrected chi connectivity index (χ1v) is 14.3. The van der Waals surface area contributed by atoms with E-state index in [9.17, 15) is 0 Å². The zero-order chi connectivity index (χ0) is 25.8. The summed E-state index contributed by atoms with van der Waals surface area (Å²) in [6.07, 6.45) is 0. The number of hydrogen-bond donors (Lipinski definition) is 0. The summed E-state index contributed by atoms with van der Waals surface area (Å²) in [5, 5.41) is 0.177. The summed E-state index contributed by atoms with van der Waals surface area (Å²) in [7, 11) is -1.75. The van der Waals surface area contributed by atoms with Crippen molar-refractivity contribution in [3.63, 3.8) is 0 Å². The maximum absolute atomic E-state index is 6.34. The minimum Gasteiger partial charge on any atom is -0.208 e. The van der Waals surface area contributed by atoms with E-state index in [4.69, 9.17) is 16.6 Å². The smallest absolute Gasteiger partial charge is 0.208 e. The number of nitrogens with zero attached hydrogens (tertiary/aromatic N) is 3. The lowest BCUT2D eigenvalue weighted by molar-refractivity contribution is 1.06. The first-order valence-electron chi connectivity index (χ1n) is 12.3. The molecule has 6 rings (SSSR count). The molecule has 0 aliphatic rings. The van der Waals surface area contributed by atoms with Gasteiger partial charge in [-0.2, -0.15) is 9.97 Å². The fourth-order valence-corrected chi connectivity index (χ4v) is 8.73. The van der Waals surface area contributed by atoms with Crippen molar-refractivity contribution in [1.82, 2.24) is 15.0 Å². The Labute approximate surface area is 229 Å². The fraction of sp³-hybridized carbons (Fsp3) is 0. The van der Waals surface area contributed by atoms with E-state index in [0.29, 0.717) is 11.6 Å². The summed E-state index contributed by atoms with van der Waals surface area (Å²) < 4.78 is 0. The Morgan fingerprint density at radius 2 is 0.711 bits per heavy atom. The van der Waals surface area contributed by atoms with Crippen LogP contribution in [0.3, 0.4) is 0 Å². The molecule has 0 amide bonds.